The Bertz CT molecular complexity index is 1010. The van der Waals surface area contributed by atoms with Crippen LogP contribution in [-0.2, 0) is 16.1 Å². The van der Waals surface area contributed by atoms with Gasteiger partial charge in [0.15, 0.2) is 6.61 Å². The Labute approximate surface area is 188 Å². The molecule has 1 saturated heterocycles. The number of hydrogen-bond acceptors (Lipinski definition) is 5. The number of nitrogens with zero attached hydrogens (tertiary/aromatic N) is 1. The molecule has 1 N–H and O–H groups in total. The summed E-state index contributed by atoms with van der Waals surface area (Å²) in [4.78, 5) is 37.4. The molecule has 0 saturated carbocycles. The van der Waals surface area contributed by atoms with E-state index in [1.54, 1.807) is 18.2 Å². The average molecular weight is 541 g/mol. The zero-order valence-corrected chi connectivity index (χ0v) is 19.1. The number of rotatable bonds is 6. The molecule has 0 aromatic heterocycles. The highest BCUT2D eigenvalue weighted by atomic mass is 79.9. The van der Waals surface area contributed by atoms with Gasteiger partial charge in [-0.25, -0.2) is 4.79 Å². The van der Waals surface area contributed by atoms with Crippen LogP contribution < -0.4 is 4.74 Å². The van der Waals surface area contributed by atoms with Crippen molar-refractivity contribution in [2.24, 2.45) is 0 Å². The van der Waals surface area contributed by atoms with Crippen LogP contribution in [0.3, 0.4) is 0 Å². The van der Waals surface area contributed by atoms with Gasteiger partial charge < -0.3 is 9.84 Å². The molecular weight excluding hydrogens is 526 g/mol. The summed E-state index contributed by atoms with van der Waals surface area (Å²) < 4.78 is 6.29. The number of carboxylic acid groups (broad SMARTS) is 1. The van der Waals surface area contributed by atoms with Crippen molar-refractivity contribution in [1.29, 1.82) is 0 Å². The van der Waals surface area contributed by atoms with E-state index in [0.29, 0.717) is 25.2 Å². The number of ether oxygens (including phenoxy) is 1. The first-order chi connectivity index (χ1) is 13.8. The van der Waals surface area contributed by atoms with Crippen LogP contribution in [0, 0.1) is 6.92 Å². The molecule has 0 unspecified atom stereocenters. The number of aryl methyl sites for hydroxylation is 1. The lowest BCUT2D eigenvalue weighted by Gasteiger charge is -2.14. The Kier molecular flexibility index (Phi) is 6.81. The van der Waals surface area contributed by atoms with E-state index in [-0.39, 0.29) is 17.7 Å². The summed E-state index contributed by atoms with van der Waals surface area (Å²) in [6, 6.07) is 11.0. The molecule has 6 nitrogen and oxygen atoms in total. The van der Waals surface area contributed by atoms with Crippen LogP contribution in [0.5, 0.6) is 5.75 Å². The van der Waals surface area contributed by atoms with E-state index >= 15 is 0 Å². The molecule has 2 amide bonds. The van der Waals surface area contributed by atoms with Crippen molar-refractivity contribution in [3.63, 3.8) is 0 Å². The highest BCUT2D eigenvalue weighted by Gasteiger charge is 2.35. The minimum absolute atomic E-state index is 0.226. The molecule has 0 atom stereocenters. The zero-order chi connectivity index (χ0) is 21.1. The van der Waals surface area contributed by atoms with Gasteiger partial charge in [-0.05, 0) is 85.4 Å². The highest BCUT2D eigenvalue weighted by molar-refractivity contribution is 9.11. The number of hydrogen-bond donors (Lipinski definition) is 1. The summed E-state index contributed by atoms with van der Waals surface area (Å²) in [6.45, 7) is 1.69. The van der Waals surface area contributed by atoms with E-state index in [2.05, 4.69) is 31.9 Å². The van der Waals surface area contributed by atoms with Crippen LogP contribution in [0.4, 0.5) is 4.79 Å². The second-order valence-electron chi connectivity index (χ2n) is 6.19. The Morgan fingerprint density at radius 2 is 1.86 bits per heavy atom. The fourth-order valence-corrected chi connectivity index (χ4v) is 4.97. The standard InChI is InChI=1S/C20H15Br2NO5S/c1-11-4-2-3-5-13(11)9-23-19(26)16(29-20(23)27)8-12-6-14(21)18(15(22)7-12)28-10-17(24)25/h2-8H,9-10H2,1H3,(H,24,25)/b16-8-. The van der Waals surface area contributed by atoms with Crippen LogP contribution >= 0.6 is 43.6 Å². The summed E-state index contributed by atoms with van der Waals surface area (Å²) in [7, 11) is 0. The number of benzene rings is 2. The first-order valence-electron chi connectivity index (χ1n) is 8.39. The van der Waals surface area contributed by atoms with Gasteiger partial charge in [0.2, 0.25) is 0 Å². The monoisotopic (exact) mass is 539 g/mol. The van der Waals surface area contributed by atoms with Crippen molar-refractivity contribution in [3.05, 3.63) is 66.9 Å². The van der Waals surface area contributed by atoms with Crippen molar-refractivity contribution >= 4 is 66.8 Å². The topological polar surface area (TPSA) is 83.9 Å². The van der Waals surface area contributed by atoms with Crippen LogP contribution in [0.15, 0.2) is 50.2 Å². The van der Waals surface area contributed by atoms with E-state index in [4.69, 9.17) is 9.84 Å². The second-order valence-corrected chi connectivity index (χ2v) is 8.89. The van der Waals surface area contributed by atoms with Crippen molar-refractivity contribution in [1.82, 2.24) is 4.90 Å². The van der Waals surface area contributed by atoms with Crippen molar-refractivity contribution in [2.75, 3.05) is 6.61 Å². The molecule has 1 heterocycles. The summed E-state index contributed by atoms with van der Waals surface area (Å²) >= 11 is 7.58. The van der Waals surface area contributed by atoms with Crippen LogP contribution in [0.25, 0.3) is 6.08 Å². The Morgan fingerprint density at radius 1 is 1.21 bits per heavy atom. The van der Waals surface area contributed by atoms with Crippen molar-refractivity contribution in [2.45, 2.75) is 13.5 Å². The molecule has 1 fully saturated rings. The molecule has 1 aliphatic heterocycles. The number of carboxylic acids is 1. The SMILES string of the molecule is Cc1ccccc1CN1C(=O)S/C(=C\c2cc(Br)c(OCC(=O)O)c(Br)c2)C1=O. The molecular formula is C20H15Br2NO5S. The normalized spacial score (nSPS) is 15.3. The quantitative estimate of drug-likeness (QED) is 0.506. The third kappa shape index (κ3) is 5.09. The van der Waals surface area contributed by atoms with Gasteiger partial charge >= 0.3 is 5.97 Å². The van der Waals surface area contributed by atoms with Gasteiger partial charge in [0.05, 0.1) is 20.4 Å². The number of carbonyl (C=O) groups excluding carboxylic acids is 2. The predicted octanol–water partition coefficient (Wildman–Crippen LogP) is 5.22. The Hall–Kier alpha value is -2.10. The van der Waals surface area contributed by atoms with Crippen LogP contribution in [-0.4, -0.2) is 33.7 Å². The van der Waals surface area contributed by atoms with Gasteiger partial charge in [0, 0.05) is 0 Å². The van der Waals surface area contributed by atoms with E-state index < -0.39 is 12.6 Å². The first kappa shape index (κ1) is 21.6. The molecule has 3 rings (SSSR count). The van der Waals surface area contributed by atoms with E-state index in [9.17, 15) is 14.4 Å². The lowest BCUT2D eigenvalue weighted by Crippen LogP contribution is -2.27. The third-order valence-corrected chi connectivity index (χ3v) is 6.21. The van der Waals surface area contributed by atoms with Gasteiger partial charge in [0.1, 0.15) is 5.75 Å². The largest absolute Gasteiger partial charge is 0.480 e. The van der Waals surface area contributed by atoms with Crippen LogP contribution in [0.2, 0.25) is 0 Å². The Morgan fingerprint density at radius 3 is 2.48 bits per heavy atom. The van der Waals surface area contributed by atoms with Gasteiger partial charge in [0.25, 0.3) is 11.1 Å². The lowest BCUT2D eigenvalue weighted by molar-refractivity contribution is -0.139. The van der Waals surface area contributed by atoms with Crippen LogP contribution in [0.1, 0.15) is 16.7 Å². The van der Waals surface area contributed by atoms with Gasteiger partial charge in [-0.3, -0.25) is 14.5 Å². The van der Waals surface area contributed by atoms with Gasteiger partial charge in [-0.1, -0.05) is 24.3 Å². The Balaban J connectivity index is 1.82. The van der Waals surface area contributed by atoms with Gasteiger partial charge in [-0.2, -0.15) is 0 Å². The zero-order valence-electron chi connectivity index (χ0n) is 15.1. The van der Waals surface area contributed by atoms with Gasteiger partial charge in [-0.15, -0.1) is 0 Å². The fourth-order valence-electron chi connectivity index (χ4n) is 2.68. The molecule has 0 aliphatic carbocycles. The molecule has 2 aromatic carbocycles. The summed E-state index contributed by atoms with van der Waals surface area (Å²) in [5.74, 6) is -1.09. The molecule has 0 bridgehead atoms. The summed E-state index contributed by atoms with van der Waals surface area (Å²) in [6.07, 6.45) is 1.62. The molecule has 1 aliphatic rings. The first-order valence-corrected chi connectivity index (χ1v) is 10.8. The number of aliphatic carboxylic acids is 1. The number of imide groups is 1. The van der Waals surface area contributed by atoms with E-state index in [1.807, 2.05) is 31.2 Å². The fraction of sp³-hybridized carbons (Fsp3) is 0.150. The molecule has 29 heavy (non-hydrogen) atoms. The smallest absolute Gasteiger partial charge is 0.341 e. The maximum atomic E-state index is 12.8. The minimum atomic E-state index is -1.09. The van der Waals surface area contributed by atoms with E-state index in [1.165, 1.54) is 4.90 Å². The van der Waals surface area contributed by atoms with Crippen molar-refractivity contribution < 1.29 is 24.2 Å². The second kappa shape index (κ2) is 9.15. The molecule has 9 heteroatoms. The minimum Gasteiger partial charge on any atom is -0.480 e. The predicted molar refractivity (Wildman–Crippen MR) is 118 cm³/mol. The number of thioether (sulfide) groups is 1. The molecule has 150 valence electrons. The van der Waals surface area contributed by atoms with Crippen molar-refractivity contribution in [3.8, 4) is 5.75 Å². The average Bonchev–Trinajstić information content (AvgIpc) is 2.90. The maximum Gasteiger partial charge on any atom is 0.341 e. The maximum absolute atomic E-state index is 12.8. The number of halogens is 2. The molecule has 2 aromatic rings. The third-order valence-electron chi connectivity index (χ3n) is 4.12. The highest BCUT2D eigenvalue weighted by Crippen LogP contribution is 2.38. The van der Waals surface area contributed by atoms with E-state index in [0.717, 1.165) is 22.9 Å². The molecule has 0 spiro atoms. The molecule has 0 radical (unpaired) electrons. The summed E-state index contributed by atoms with van der Waals surface area (Å²) in [5.41, 5.74) is 2.59. The number of carbonyl (C=O) groups is 3. The lowest BCUT2D eigenvalue weighted by atomic mass is 10.1. The number of amides is 2. The summed E-state index contributed by atoms with van der Waals surface area (Å²) in [5, 5.41) is 8.44.